The van der Waals surface area contributed by atoms with Crippen molar-refractivity contribution in [3.8, 4) is 0 Å². The molecule has 0 amide bonds. The molecule has 1 unspecified atom stereocenters. The van der Waals surface area contributed by atoms with E-state index in [4.69, 9.17) is 0 Å². The summed E-state index contributed by atoms with van der Waals surface area (Å²) in [6, 6.07) is 0. The highest BCUT2D eigenvalue weighted by molar-refractivity contribution is 7.99. The van der Waals surface area contributed by atoms with Crippen LogP contribution in [0.15, 0.2) is 11.5 Å². The molecule has 0 aliphatic rings. The quantitative estimate of drug-likeness (QED) is 0.685. The molecule has 0 radical (unpaired) electrons. The zero-order valence-electron chi connectivity index (χ0n) is 8.02. The Morgan fingerprint density at radius 1 is 1.77 bits per heavy atom. The minimum absolute atomic E-state index is 0.210. The summed E-state index contributed by atoms with van der Waals surface area (Å²) in [4.78, 5) is 14.9. The SMILES string of the molecule is CC(=O)CC(C)Sc1ncnn1C. The lowest BCUT2D eigenvalue weighted by Crippen LogP contribution is -2.05. The second kappa shape index (κ2) is 4.41. The number of aryl methyl sites for hydroxylation is 1. The van der Waals surface area contributed by atoms with Crippen LogP contribution in [0.25, 0.3) is 0 Å². The molecule has 0 N–H and O–H groups in total. The number of thioether (sulfide) groups is 1. The standard InChI is InChI=1S/C8H13N3OS/c1-6(12)4-7(2)13-8-9-5-10-11(8)3/h5,7H,4H2,1-3H3. The highest BCUT2D eigenvalue weighted by atomic mass is 32.2. The monoisotopic (exact) mass is 199 g/mol. The van der Waals surface area contributed by atoms with Gasteiger partial charge in [-0.25, -0.2) is 9.67 Å². The summed E-state index contributed by atoms with van der Waals surface area (Å²) in [5.41, 5.74) is 0. The molecule has 0 saturated carbocycles. The van der Waals surface area contributed by atoms with Crippen molar-refractivity contribution in [3.63, 3.8) is 0 Å². The van der Waals surface area contributed by atoms with Crippen LogP contribution < -0.4 is 0 Å². The number of carbonyl (C=O) groups excluding carboxylic acids is 1. The number of aromatic nitrogens is 3. The van der Waals surface area contributed by atoms with Crippen molar-refractivity contribution < 1.29 is 4.79 Å². The molecule has 1 heterocycles. The van der Waals surface area contributed by atoms with Crippen molar-refractivity contribution in [1.29, 1.82) is 0 Å². The number of rotatable bonds is 4. The van der Waals surface area contributed by atoms with Gasteiger partial charge in [0, 0.05) is 18.7 Å². The second-order valence-corrected chi connectivity index (χ2v) is 4.41. The molecule has 1 aromatic rings. The summed E-state index contributed by atoms with van der Waals surface area (Å²) >= 11 is 1.57. The van der Waals surface area contributed by atoms with Crippen molar-refractivity contribution in [2.75, 3.05) is 0 Å². The van der Waals surface area contributed by atoms with Gasteiger partial charge in [0.25, 0.3) is 0 Å². The van der Waals surface area contributed by atoms with Crippen molar-refractivity contribution in [2.24, 2.45) is 7.05 Å². The average molecular weight is 199 g/mol. The van der Waals surface area contributed by atoms with Gasteiger partial charge in [-0.2, -0.15) is 5.10 Å². The number of nitrogens with zero attached hydrogens (tertiary/aromatic N) is 3. The third-order valence-corrected chi connectivity index (χ3v) is 2.70. The number of Topliss-reactive ketones (excluding diaryl/α,β-unsaturated/α-hetero) is 1. The van der Waals surface area contributed by atoms with E-state index in [1.807, 2.05) is 14.0 Å². The van der Waals surface area contributed by atoms with Crippen LogP contribution in [0.3, 0.4) is 0 Å². The Kier molecular flexibility index (Phi) is 3.48. The molecule has 13 heavy (non-hydrogen) atoms. The minimum Gasteiger partial charge on any atom is -0.300 e. The fourth-order valence-corrected chi connectivity index (χ4v) is 2.00. The summed E-state index contributed by atoms with van der Waals surface area (Å²) in [6.45, 7) is 3.62. The van der Waals surface area contributed by atoms with Crippen molar-refractivity contribution >= 4 is 17.5 Å². The van der Waals surface area contributed by atoms with E-state index < -0.39 is 0 Å². The summed E-state index contributed by atoms with van der Waals surface area (Å²) in [7, 11) is 1.84. The van der Waals surface area contributed by atoms with Crippen LogP contribution in [0.1, 0.15) is 20.3 Å². The van der Waals surface area contributed by atoms with E-state index in [1.54, 1.807) is 23.4 Å². The van der Waals surface area contributed by atoms with E-state index in [1.165, 1.54) is 6.33 Å². The number of ketones is 1. The number of carbonyl (C=O) groups is 1. The van der Waals surface area contributed by atoms with Gasteiger partial charge >= 0.3 is 0 Å². The molecule has 0 aromatic carbocycles. The first kappa shape index (κ1) is 10.2. The topological polar surface area (TPSA) is 47.8 Å². The molecule has 1 rings (SSSR count). The van der Waals surface area contributed by atoms with Crippen LogP contribution in [0.5, 0.6) is 0 Å². The van der Waals surface area contributed by atoms with E-state index in [2.05, 4.69) is 10.1 Å². The van der Waals surface area contributed by atoms with Crippen LogP contribution in [0.4, 0.5) is 0 Å². The molecule has 72 valence electrons. The van der Waals surface area contributed by atoms with E-state index in [-0.39, 0.29) is 11.0 Å². The zero-order valence-corrected chi connectivity index (χ0v) is 8.84. The van der Waals surface area contributed by atoms with Crippen molar-refractivity contribution in [3.05, 3.63) is 6.33 Å². The first-order chi connectivity index (χ1) is 6.09. The van der Waals surface area contributed by atoms with E-state index >= 15 is 0 Å². The molecule has 0 saturated heterocycles. The Morgan fingerprint density at radius 2 is 2.46 bits per heavy atom. The summed E-state index contributed by atoms with van der Waals surface area (Å²) in [5.74, 6) is 0.210. The normalized spacial score (nSPS) is 12.8. The smallest absolute Gasteiger partial charge is 0.186 e. The van der Waals surface area contributed by atoms with Gasteiger partial charge in [-0.15, -0.1) is 0 Å². The molecule has 0 spiro atoms. The van der Waals surface area contributed by atoms with Crippen LogP contribution in [-0.4, -0.2) is 25.8 Å². The molecule has 4 nitrogen and oxygen atoms in total. The number of hydrogen-bond acceptors (Lipinski definition) is 4. The Bertz CT molecular complexity index is 297. The van der Waals surface area contributed by atoms with Gasteiger partial charge in [0.1, 0.15) is 12.1 Å². The molecule has 5 heteroatoms. The van der Waals surface area contributed by atoms with Gasteiger partial charge in [0.15, 0.2) is 5.16 Å². The van der Waals surface area contributed by atoms with Gasteiger partial charge < -0.3 is 0 Å². The molecular formula is C8H13N3OS. The average Bonchev–Trinajstić information content (AvgIpc) is 2.34. The Labute approximate surface area is 81.7 Å². The van der Waals surface area contributed by atoms with Gasteiger partial charge in [0.05, 0.1) is 0 Å². The zero-order chi connectivity index (χ0) is 9.84. The van der Waals surface area contributed by atoms with Gasteiger partial charge in [-0.1, -0.05) is 18.7 Å². The maximum atomic E-state index is 10.8. The second-order valence-electron chi connectivity index (χ2n) is 3.00. The molecule has 0 fully saturated rings. The Hall–Kier alpha value is -0.840. The lowest BCUT2D eigenvalue weighted by atomic mass is 10.2. The highest BCUT2D eigenvalue weighted by Crippen LogP contribution is 2.21. The molecular weight excluding hydrogens is 186 g/mol. The Morgan fingerprint density at radius 3 is 2.92 bits per heavy atom. The van der Waals surface area contributed by atoms with Crippen LogP contribution >= 0.6 is 11.8 Å². The van der Waals surface area contributed by atoms with Gasteiger partial charge in [-0.3, -0.25) is 4.79 Å². The van der Waals surface area contributed by atoms with Gasteiger partial charge in [0.2, 0.25) is 0 Å². The lowest BCUT2D eigenvalue weighted by molar-refractivity contribution is -0.116. The fraction of sp³-hybridized carbons (Fsp3) is 0.625. The predicted molar refractivity (Wildman–Crippen MR) is 51.6 cm³/mol. The number of hydrogen-bond donors (Lipinski definition) is 0. The molecule has 1 atom stereocenters. The fourth-order valence-electron chi connectivity index (χ4n) is 1.02. The maximum absolute atomic E-state index is 10.8. The lowest BCUT2D eigenvalue weighted by Gasteiger charge is -2.06. The maximum Gasteiger partial charge on any atom is 0.186 e. The molecule has 0 aliphatic heterocycles. The third-order valence-electron chi connectivity index (χ3n) is 1.55. The third kappa shape index (κ3) is 3.18. The van der Waals surface area contributed by atoms with Crippen molar-refractivity contribution in [1.82, 2.24) is 14.8 Å². The molecule has 0 aliphatic carbocycles. The van der Waals surface area contributed by atoms with Crippen LogP contribution in [-0.2, 0) is 11.8 Å². The van der Waals surface area contributed by atoms with E-state index in [0.29, 0.717) is 6.42 Å². The summed E-state index contributed by atoms with van der Waals surface area (Å²) in [5, 5.41) is 5.07. The summed E-state index contributed by atoms with van der Waals surface area (Å²) in [6.07, 6.45) is 2.10. The molecule has 0 bridgehead atoms. The largest absolute Gasteiger partial charge is 0.300 e. The summed E-state index contributed by atoms with van der Waals surface area (Å²) < 4.78 is 1.71. The highest BCUT2D eigenvalue weighted by Gasteiger charge is 2.10. The van der Waals surface area contributed by atoms with Crippen LogP contribution in [0.2, 0.25) is 0 Å². The van der Waals surface area contributed by atoms with E-state index in [0.717, 1.165) is 5.16 Å². The molecule has 1 aromatic heterocycles. The Balaban J connectivity index is 2.49. The van der Waals surface area contributed by atoms with Gasteiger partial charge in [-0.05, 0) is 6.92 Å². The first-order valence-corrected chi connectivity index (χ1v) is 4.97. The minimum atomic E-state index is 0.210. The predicted octanol–water partition coefficient (Wildman–Crippen LogP) is 1.27. The van der Waals surface area contributed by atoms with Crippen molar-refractivity contribution in [2.45, 2.75) is 30.7 Å². The first-order valence-electron chi connectivity index (χ1n) is 4.09. The van der Waals surface area contributed by atoms with Crippen LogP contribution in [0, 0.1) is 0 Å². The van der Waals surface area contributed by atoms with E-state index in [9.17, 15) is 4.79 Å².